The molecule has 108 valence electrons. The summed E-state index contributed by atoms with van der Waals surface area (Å²) in [6.07, 6.45) is 2.19. The molecule has 0 bridgehead atoms. The Hall–Kier alpha value is -1.79. The Balaban J connectivity index is 2.48. The Morgan fingerprint density at radius 1 is 1.42 bits per heavy atom. The van der Waals surface area contributed by atoms with E-state index >= 15 is 0 Å². The van der Waals surface area contributed by atoms with Gasteiger partial charge in [0.05, 0.1) is 0 Å². The first-order valence-corrected chi connectivity index (χ1v) is 6.50. The van der Waals surface area contributed by atoms with Crippen LogP contribution in [0, 0.1) is 5.92 Å². The zero-order valence-corrected chi connectivity index (χ0v) is 11.1. The second-order valence-electron chi connectivity index (χ2n) is 4.83. The average molecular weight is 271 g/mol. The molecule has 4 N–H and O–H groups in total. The van der Waals surface area contributed by atoms with E-state index in [1.165, 1.54) is 0 Å². The fourth-order valence-electron chi connectivity index (χ4n) is 1.75. The number of primary amides is 1. The molecule has 19 heavy (non-hydrogen) atoms. The standard InChI is InChI=1S/C12H21N3O4/c1-2-15(7-8-3-4-8)12(19)14-9(11(17)18)5-6-10(13)16/h8-9H,2-7H2,1H3,(H2,13,16)(H,14,19)(H,17,18). The summed E-state index contributed by atoms with van der Waals surface area (Å²) in [7, 11) is 0. The highest BCUT2D eigenvalue weighted by atomic mass is 16.4. The largest absolute Gasteiger partial charge is 0.480 e. The van der Waals surface area contributed by atoms with Crippen molar-refractivity contribution in [1.82, 2.24) is 10.2 Å². The second kappa shape index (κ2) is 6.96. The van der Waals surface area contributed by atoms with E-state index in [-0.39, 0.29) is 12.8 Å². The maximum Gasteiger partial charge on any atom is 0.326 e. The summed E-state index contributed by atoms with van der Waals surface area (Å²) in [5.74, 6) is -1.19. The summed E-state index contributed by atoms with van der Waals surface area (Å²) in [5, 5.41) is 11.4. The number of urea groups is 1. The molecule has 3 amide bonds. The number of rotatable bonds is 8. The van der Waals surface area contributed by atoms with Crippen molar-refractivity contribution >= 4 is 17.9 Å². The SMILES string of the molecule is CCN(CC1CC1)C(=O)NC(CCC(N)=O)C(=O)O. The van der Waals surface area contributed by atoms with Crippen LogP contribution in [0.2, 0.25) is 0 Å². The first kappa shape index (κ1) is 15.3. The zero-order chi connectivity index (χ0) is 14.4. The molecular formula is C12H21N3O4. The number of nitrogens with zero attached hydrogens (tertiary/aromatic N) is 1. The molecule has 7 nitrogen and oxygen atoms in total. The smallest absolute Gasteiger partial charge is 0.326 e. The van der Waals surface area contributed by atoms with Gasteiger partial charge in [0, 0.05) is 19.5 Å². The van der Waals surface area contributed by atoms with Crippen LogP contribution in [0.5, 0.6) is 0 Å². The number of aliphatic carboxylic acids is 1. The van der Waals surface area contributed by atoms with E-state index in [2.05, 4.69) is 5.32 Å². The van der Waals surface area contributed by atoms with Crippen molar-refractivity contribution in [3.63, 3.8) is 0 Å². The first-order valence-electron chi connectivity index (χ1n) is 6.50. The number of hydrogen-bond acceptors (Lipinski definition) is 3. The van der Waals surface area contributed by atoms with Crippen molar-refractivity contribution in [3.8, 4) is 0 Å². The van der Waals surface area contributed by atoms with Crippen LogP contribution in [0.25, 0.3) is 0 Å². The van der Waals surface area contributed by atoms with Crippen molar-refractivity contribution in [2.45, 2.75) is 38.6 Å². The van der Waals surface area contributed by atoms with Gasteiger partial charge in [-0.1, -0.05) is 0 Å². The van der Waals surface area contributed by atoms with Gasteiger partial charge in [0.2, 0.25) is 5.91 Å². The molecule has 0 saturated heterocycles. The van der Waals surface area contributed by atoms with E-state index < -0.39 is 23.9 Å². The van der Waals surface area contributed by atoms with Gasteiger partial charge in [-0.05, 0) is 32.1 Å². The number of nitrogens with one attached hydrogen (secondary N) is 1. The fraction of sp³-hybridized carbons (Fsp3) is 0.750. The molecule has 1 aliphatic carbocycles. The third kappa shape index (κ3) is 5.58. The van der Waals surface area contributed by atoms with Crippen LogP contribution in [0.4, 0.5) is 4.79 Å². The third-order valence-electron chi connectivity index (χ3n) is 3.12. The van der Waals surface area contributed by atoms with Crippen LogP contribution in [0.3, 0.4) is 0 Å². The molecule has 1 atom stereocenters. The van der Waals surface area contributed by atoms with Crippen LogP contribution >= 0.6 is 0 Å². The second-order valence-corrected chi connectivity index (χ2v) is 4.83. The summed E-state index contributed by atoms with van der Waals surface area (Å²) in [5.41, 5.74) is 4.98. The molecule has 1 saturated carbocycles. The normalized spacial score (nSPS) is 15.6. The molecule has 1 fully saturated rings. The highest BCUT2D eigenvalue weighted by molar-refractivity contribution is 5.83. The molecule has 7 heteroatoms. The number of amides is 3. The van der Waals surface area contributed by atoms with Crippen molar-refractivity contribution < 1.29 is 19.5 Å². The molecule has 0 radical (unpaired) electrons. The molecule has 0 aromatic carbocycles. The maximum atomic E-state index is 11.9. The van der Waals surface area contributed by atoms with Gasteiger partial charge in [-0.2, -0.15) is 0 Å². The van der Waals surface area contributed by atoms with E-state index in [1.54, 1.807) is 4.90 Å². The number of carboxylic acids is 1. The number of carbonyl (C=O) groups is 3. The Kier molecular flexibility index (Phi) is 5.59. The van der Waals surface area contributed by atoms with Gasteiger partial charge < -0.3 is 21.1 Å². The third-order valence-corrected chi connectivity index (χ3v) is 3.12. The molecule has 1 rings (SSSR count). The van der Waals surface area contributed by atoms with E-state index in [4.69, 9.17) is 10.8 Å². The minimum atomic E-state index is -1.16. The molecular weight excluding hydrogens is 250 g/mol. The van der Waals surface area contributed by atoms with Crippen molar-refractivity contribution in [1.29, 1.82) is 0 Å². The van der Waals surface area contributed by atoms with E-state index in [9.17, 15) is 14.4 Å². The quantitative estimate of drug-likeness (QED) is 0.583. The van der Waals surface area contributed by atoms with Crippen LogP contribution in [-0.2, 0) is 9.59 Å². The fourth-order valence-corrected chi connectivity index (χ4v) is 1.75. The average Bonchev–Trinajstić information content (AvgIpc) is 3.14. The van der Waals surface area contributed by atoms with E-state index in [0.29, 0.717) is 19.0 Å². The minimum Gasteiger partial charge on any atom is -0.480 e. The lowest BCUT2D eigenvalue weighted by molar-refractivity contribution is -0.139. The van der Waals surface area contributed by atoms with Crippen LogP contribution in [0.15, 0.2) is 0 Å². The summed E-state index contributed by atoms with van der Waals surface area (Å²) < 4.78 is 0. The number of carbonyl (C=O) groups excluding carboxylic acids is 2. The molecule has 0 spiro atoms. The first-order chi connectivity index (χ1) is 8.93. The van der Waals surface area contributed by atoms with Gasteiger partial charge in [-0.3, -0.25) is 4.79 Å². The van der Waals surface area contributed by atoms with E-state index in [1.807, 2.05) is 6.92 Å². The lowest BCUT2D eigenvalue weighted by atomic mass is 10.1. The Morgan fingerprint density at radius 3 is 2.47 bits per heavy atom. The van der Waals surface area contributed by atoms with Gasteiger partial charge in [-0.15, -0.1) is 0 Å². The summed E-state index contributed by atoms with van der Waals surface area (Å²) in [6.45, 7) is 3.04. The maximum absolute atomic E-state index is 11.9. The predicted molar refractivity (Wildman–Crippen MR) is 68.4 cm³/mol. The predicted octanol–water partition coefficient (Wildman–Crippen LogP) is 0.147. The van der Waals surface area contributed by atoms with Crippen molar-refractivity contribution in [3.05, 3.63) is 0 Å². The van der Waals surface area contributed by atoms with Crippen molar-refractivity contribution in [2.75, 3.05) is 13.1 Å². The summed E-state index contributed by atoms with van der Waals surface area (Å²) in [6, 6.07) is -1.47. The molecule has 1 unspecified atom stereocenters. The van der Waals surface area contributed by atoms with Gasteiger partial charge >= 0.3 is 12.0 Å². The summed E-state index contributed by atoms with van der Waals surface area (Å²) >= 11 is 0. The Labute approximate surface area is 112 Å². The zero-order valence-electron chi connectivity index (χ0n) is 11.1. The molecule has 1 aliphatic rings. The number of hydrogen-bond donors (Lipinski definition) is 3. The van der Waals surface area contributed by atoms with Gasteiger partial charge in [0.15, 0.2) is 0 Å². The van der Waals surface area contributed by atoms with Crippen molar-refractivity contribution in [2.24, 2.45) is 11.7 Å². The minimum absolute atomic E-state index is 0.0113. The Bertz CT molecular complexity index is 355. The lowest BCUT2D eigenvalue weighted by Crippen LogP contribution is -2.48. The molecule has 0 aliphatic heterocycles. The van der Waals surface area contributed by atoms with E-state index in [0.717, 1.165) is 12.8 Å². The van der Waals surface area contributed by atoms with Gasteiger partial charge in [-0.25, -0.2) is 9.59 Å². The van der Waals surface area contributed by atoms with Crippen LogP contribution in [-0.4, -0.2) is 47.0 Å². The lowest BCUT2D eigenvalue weighted by Gasteiger charge is -2.23. The highest BCUT2D eigenvalue weighted by Gasteiger charge is 2.28. The monoisotopic (exact) mass is 271 g/mol. The molecule has 0 aromatic rings. The van der Waals surface area contributed by atoms with Gasteiger partial charge in [0.1, 0.15) is 6.04 Å². The Morgan fingerprint density at radius 2 is 2.05 bits per heavy atom. The number of carboxylic acid groups (broad SMARTS) is 1. The highest BCUT2D eigenvalue weighted by Crippen LogP contribution is 2.29. The van der Waals surface area contributed by atoms with Crippen LogP contribution in [0.1, 0.15) is 32.6 Å². The topological polar surface area (TPSA) is 113 Å². The number of nitrogens with two attached hydrogens (primary N) is 1. The summed E-state index contributed by atoms with van der Waals surface area (Å²) in [4.78, 5) is 35.2. The van der Waals surface area contributed by atoms with Crippen LogP contribution < -0.4 is 11.1 Å². The molecule has 0 heterocycles. The van der Waals surface area contributed by atoms with Gasteiger partial charge in [0.25, 0.3) is 0 Å². The molecule has 0 aromatic heterocycles.